The summed E-state index contributed by atoms with van der Waals surface area (Å²) in [6.07, 6.45) is 0. The van der Waals surface area contributed by atoms with Crippen molar-refractivity contribution in [1.82, 2.24) is 0 Å². The maximum atomic E-state index is 12.8. The Morgan fingerprint density at radius 2 is 1.00 bits per heavy atom. The van der Waals surface area contributed by atoms with Gasteiger partial charge in [-0.2, -0.15) is 0 Å². The molecule has 0 aliphatic heterocycles. The van der Waals surface area contributed by atoms with E-state index in [4.69, 9.17) is 0 Å². The zero-order valence-electron chi connectivity index (χ0n) is 13.3. The van der Waals surface area contributed by atoms with Crippen molar-refractivity contribution in [1.29, 1.82) is 0 Å². The van der Waals surface area contributed by atoms with Crippen LogP contribution in [-0.4, -0.2) is 16.7 Å². The van der Waals surface area contributed by atoms with Gasteiger partial charge >= 0.3 is 0 Å². The van der Waals surface area contributed by atoms with Crippen LogP contribution in [0.1, 0.15) is 26.3 Å². The number of carbonyl (C=O) groups is 2. The quantitative estimate of drug-likeness (QED) is 0.742. The van der Waals surface area contributed by atoms with Gasteiger partial charge in [0.25, 0.3) is 0 Å². The fraction of sp³-hybridized carbons (Fsp3) is 0. The van der Waals surface area contributed by atoms with Crippen LogP contribution < -0.4 is 0 Å². The van der Waals surface area contributed by atoms with E-state index in [0.717, 1.165) is 11.1 Å². The first-order valence-electron chi connectivity index (χ1n) is 7.94. The molecule has 0 fully saturated rings. The number of Topliss-reactive ketones (excluding diaryl/α,β-unsaturated/α-hetero) is 2. The van der Waals surface area contributed by atoms with Crippen molar-refractivity contribution < 1.29 is 14.7 Å². The summed E-state index contributed by atoms with van der Waals surface area (Å²) in [5.74, 6) is -1.34. The smallest absolute Gasteiger partial charge is 0.228 e. The van der Waals surface area contributed by atoms with Crippen molar-refractivity contribution in [3.8, 4) is 11.1 Å². The maximum absolute atomic E-state index is 12.8. The number of fused-ring (bicyclic) bond motifs is 1. The summed E-state index contributed by atoms with van der Waals surface area (Å²) < 4.78 is 0. The predicted octanol–water partition coefficient (Wildman–Crippen LogP) is 4.70. The van der Waals surface area contributed by atoms with E-state index in [0.29, 0.717) is 11.1 Å². The van der Waals surface area contributed by atoms with Crippen molar-refractivity contribution in [2.45, 2.75) is 0 Å². The lowest BCUT2D eigenvalue weighted by Crippen LogP contribution is -2.21. The van der Waals surface area contributed by atoms with Gasteiger partial charge in [-0.05, 0) is 16.7 Å². The molecular formula is C22H14O3. The van der Waals surface area contributed by atoms with E-state index in [2.05, 4.69) is 0 Å². The molecule has 120 valence electrons. The van der Waals surface area contributed by atoms with Gasteiger partial charge in [0.05, 0.1) is 5.57 Å². The number of allylic oxidation sites excluding steroid dienone is 2. The Hall–Kier alpha value is -3.46. The van der Waals surface area contributed by atoms with Crippen LogP contribution in [0.5, 0.6) is 0 Å². The molecular weight excluding hydrogens is 312 g/mol. The van der Waals surface area contributed by atoms with Crippen LogP contribution in [0, 0.1) is 0 Å². The molecule has 3 nitrogen and oxygen atoms in total. The molecule has 0 amide bonds. The van der Waals surface area contributed by atoms with E-state index in [1.807, 2.05) is 42.5 Å². The first kappa shape index (κ1) is 15.1. The Bertz CT molecular complexity index is 1010. The lowest BCUT2D eigenvalue weighted by atomic mass is 9.84. The summed E-state index contributed by atoms with van der Waals surface area (Å²) in [5, 5.41) is 10.3. The Morgan fingerprint density at radius 1 is 0.520 bits per heavy atom. The number of rotatable bonds is 2. The molecule has 0 radical (unpaired) electrons. The highest BCUT2D eigenvalue weighted by Crippen LogP contribution is 2.32. The normalized spacial score (nSPS) is 13.8. The summed E-state index contributed by atoms with van der Waals surface area (Å²) in [7, 11) is 0. The van der Waals surface area contributed by atoms with Gasteiger partial charge in [-0.25, -0.2) is 0 Å². The third-order valence-corrected chi connectivity index (χ3v) is 4.38. The average Bonchev–Trinajstić information content (AvgIpc) is 2.68. The molecule has 0 atom stereocenters. The van der Waals surface area contributed by atoms with Crippen LogP contribution in [0.25, 0.3) is 16.7 Å². The molecule has 3 aromatic rings. The highest BCUT2D eigenvalue weighted by molar-refractivity contribution is 6.39. The number of aliphatic hydroxyl groups excluding tert-OH is 1. The lowest BCUT2D eigenvalue weighted by Gasteiger charge is -2.17. The predicted molar refractivity (Wildman–Crippen MR) is 96.5 cm³/mol. The fourth-order valence-corrected chi connectivity index (χ4v) is 3.09. The van der Waals surface area contributed by atoms with Gasteiger partial charge in [-0.3, -0.25) is 9.59 Å². The molecule has 3 aromatic carbocycles. The SMILES string of the molecule is O=C1C(O)=C(c2ccc(-c3ccccc3)cc2)C(=O)c2ccccc21. The zero-order valence-corrected chi connectivity index (χ0v) is 13.3. The number of hydrogen-bond donors (Lipinski definition) is 1. The largest absolute Gasteiger partial charge is 0.504 e. The summed E-state index contributed by atoms with van der Waals surface area (Å²) in [6.45, 7) is 0. The van der Waals surface area contributed by atoms with Crippen LogP contribution in [-0.2, 0) is 0 Å². The van der Waals surface area contributed by atoms with Crippen molar-refractivity contribution in [2.75, 3.05) is 0 Å². The number of hydrogen-bond acceptors (Lipinski definition) is 3. The summed E-state index contributed by atoms with van der Waals surface area (Å²) in [6, 6.07) is 23.7. The molecule has 1 aliphatic carbocycles. The Morgan fingerprint density at radius 3 is 1.64 bits per heavy atom. The van der Waals surface area contributed by atoms with Crippen molar-refractivity contribution in [2.24, 2.45) is 0 Å². The van der Waals surface area contributed by atoms with Crippen LogP contribution in [0.4, 0.5) is 0 Å². The van der Waals surface area contributed by atoms with Crippen molar-refractivity contribution >= 4 is 17.1 Å². The van der Waals surface area contributed by atoms with Crippen LogP contribution in [0.3, 0.4) is 0 Å². The third kappa shape index (κ3) is 2.46. The second-order valence-corrected chi connectivity index (χ2v) is 5.87. The molecule has 3 heteroatoms. The molecule has 0 spiro atoms. The monoisotopic (exact) mass is 326 g/mol. The maximum Gasteiger partial charge on any atom is 0.228 e. The van der Waals surface area contributed by atoms with E-state index < -0.39 is 11.5 Å². The minimum Gasteiger partial charge on any atom is -0.504 e. The summed E-state index contributed by atoms with van der Waals surface area (Å²) in [5.41, 5.74) is 3.22. The molecule has 0 saturated carbocycles. The number of aliphatic hydroxyl groups is 1. The molecule has 0 aromatic heterocycles. The first-order valence-corrected chi connectivity index (χ1v) is 7.94. The van der Waals surface area contributed by atoms with Gasteiger partial charge in [-0.1, -0.05) is 78.9 Å². The molecule has 0 saturated heterocycles. The topological polar surface area (TPSA) is 54.4 Å². The van der Waals surface area contributed by atoms with E-state index in [1.165, 1.54) is 0 Å². The van der Waals surface area contributed by atoms with Crippen molar-refractivity contribution in [3.05, 3.63) is 101 Å². The first-order chi connectivity index (χ1) is 12.2. The molecule has 0 heterocycles. The standard InChI is InChI=1S/C22H14O3/c23-20-17-8-4-5-9-18(17)21(24)22(25)19(20)16-12-10-15(11-13-16)14-6-2-1-3-7-14/h1-13,25H. The number of carbonyl (C=O) groups excluding carboxylic acids is 2. The van der Waals surface area contributed by atoms with Gasteiger partial charge in [0.2, 0.25) is 5.78 Å². The van der Waals surface area contributed by atoms with Gasteiger partial charge in [-0.15, -0.1) is 0 Å². The van der Waals surface area contributed by atoms with Crippen LogP contribution in [0.15, 0.2) is 84.6 Å². The zero-order chi connectivity index (χ0) is 17.4. The van der Waals surface area contributed by atoms with E-state index in [9.17, 15) is 14.7 Å². The summed E-state index contributed by atoms with van der Waals surface area (Å²) in [4.78, 5) is 25.1. The van der Waals surface area contributed by atoms with Crippen molar-refractivity contribution in [3.63, 3.8) is 0 Å². The fourth-order valence-electron chi connectivity index (χ4n) is 3.09. The second kappa shape index (κ2) is 5.87. The van der Waals surface area contributed by atoms with Gasteiger partial charge in [0, 0.05) is 11.1 Å². The third-order valence-electron chi connectivity index (χ3n) is 4.38. The minimum absolute atomic E-state index is 0.0586. The Kier molecular flexibility index (Phi) is 3.55. The Labute approximate surface area is 144 Å². The van der Waals surface area contributed by atoms with E-state index in [1.54, 1.807) is 36.4 Å². The number of benzene rings is 3. The lowest BCUT2D eigenvalue weighted by molar-refractivity contribution is 0.0947. The molecule has 0 unspecified atom stereocenters. The van der Waals surface area contributed by atoms with Crippen LogP contribution >= 0.6 is 0 Å². The van der Waals surface area contributed by atoms with Gasteiger partial charge in [0.1, 0.15) is 0 Å². The van der Waals surface area contributed by atoms with E-state index in [-0.39, 0.29) is 16.9 Å². The average molecular weight is 326 g/mol. The van der Waals surface area contributed by atoms with Crippen LogP contribution in [0.2, 0.25) is 0 Å². The number of ketones is 2. The van der Waals surface area contributed by atoms with Gasteiger partial charge in [0.15, 0.2) is 11.5 Å². The van der Waals surface area contributed by atoms with Gasteiger partial charge < -0.3 is 5.11 Å². The molecule has 1 N–H and O–H groups in total. The minimum atomic E-state index is -0.516. The second-order valence-electron chi connectivity index (χ2n) is 5.87. The van der Waals surface area contributed by atoms with E-state index >= 15 is 0 Å². The molecule has 0 bridgehead atoms. The summed E-state index contributed by atoms with van der Waals surface area (Å²) >= 11 is 0. The molecule has 25 heavy (non-hydrogen) atoms. The Balaban J connectivity index is 1.78. The highest BCUT2D eigenvalue weighted by atomic mass is 16.3. The molecule has 4 rings (SSSR count). The highest BCUT2D eigenvalue weighted by Gasteiger charge is 2.32. The molecule has 1 aliphatic rings.